The summed E-state index contributed by atoms with van der Waals surface area (Å²) in [7, 11) is -2.37. The minimum Gasteiger partial charge on any atom is -0.495 e. The molecule has 0 fully saturated rings. The molecule has 0 radical (unpaired) electrons. The fourth-order valence-corrected chi connectivity index (χ4v) is 3.29. The van der Waals surface area contributed by atoms with Gasteiger partial charge in [0.25, 0.3) is 0 Å². The van der Waals surface area contributed by atoms with Crippen LogP contribution in [-0.4, -0.2) is 15.5 Å². The minimum atomic E-state index is -3.74. The summed E-state index contributed by atoms with van der Waals surface area (Å²) in [6.07, 6.45) is 0. The van der Waals surface area contributed by atoms with Crippen molar-refractivity contribution in [2.24, 2.45) is 0 Å². The quantitative estimate of drug-likeness (QED) is 0.914. The van der Waals surface area contributed by atoms with Crippen LogP contribution in [0.4, 0.5) is 10.1 Å². The molecule has 2 rings (SSSR count). The summed E-state index contributed by atoms with van der Waals surface area (Å²) in [5, 5.41) is 0.356. The number of methoxy groups -OCH3 is 1. The van der Waals surface area contributed by atoms with Crippen LogP contribution in [-0.2, 0) is 15.8 Å². The van der Waals surface area contributed by atoms with Gasteiger partial charge in [-0.25, -0.2) is 12.8 Å². The highest BCUT2D eigenvalue weighted by molar-refractivity contribution is 7.91. The van der Waals surface area contributed by atoms with Crippen LogP contribution in [0.3, 0.4) is 0 Å². The van der Waals surface area contributed by atoms with E-state index in [1.54, 1.807) is 24.3 Å². The number of sulfonamides is 1. The molecule has 0 aliphatic heterocycles. The molecule has 0 atom stereocenters. The summed E-state index contributed by atoms with van der Waals surface area (Å²) >= 11 is 5.94. The van der Waals surface area contributed by atoms with Crippen LogP contribution in [0.15, 0.2) is 42.5 Å². The Kier molecular flexibility index (Phi) is 4.69. The summed E-state index contributed by atoms with van der Waals surface area (Å²) < 4.78 is 44.8. The van der Waals surface area contributed by atoms with E-state index in [2.05, 4.69) is 4.72 Å². The van der Waals surface area contributed by atoms with Crippen molar-refractivity contribution in [3.63, 3.8) is 0 Å². The van der Waals surface area contributed by atoms with Gasteiger partial charge >= 0.3 is 0 Å². The SMILES string of the molecule is COc1ccc(F)cc1NS(=O)(=O)Cc1ccccc1Cl. The maximum atomic E-state index is 13.2. The molecule has 4 nitrogen and oxygen atoms in total. The van der Waals surface area contributed by atoms with Crippen molar-refractivity contribution in [3.05, 3.63) is 58.9 Å². The summed E-state index contributed by atoms with van der Waals surface area (Å²) in [6, 6.07) is 10.2. The Morgan fingerprint density at radius 3 is 2.62 bits per heavy atom. The molecule has 2 aromatic carbocycles. The van der Waals surface area contributed by atoms with Gasteiger partial charge in [-0.1, -0.05) is 29.8 Å². The van der Waals surface area contributed by atoms with Crippen molar-refractivity contribution in [1.29, 1.82) is 0 Å². The molecule has 0 bridgehead atoms. The van der Waals surface area contributed by atoms with Crippen LogP contribution in [0, 0.1) is 5.82 Å². The first-order chi connectivity index (χ1) is 9.91. The van der Waals surface area contributed by atoms with Gasteiger partial charge in [0, 0.05) is 11.1 Å². The van der Waals surface area contributed by atoms with Crippen molar-refractivity contribution in [2.75, 3.05) is 11.8 Å². The summed E-state index contributed by atoms with van der Waals surface area (Å²) in [5.74, 6) is -0.642. The molecule has 0 amide bonds. The van der Waals surface area contributed by atoms with Gasteiger partial charge in [-0.15, -0.1) is 0 Å². The number of hydrogen-bond acceptors (Lipinski definition) is 3. The largest absolute Gasteiger partial charge is 0.495 e. The fourth-order valence-electron chi connectivity index (χ4n) is 1.78. The van der Waals surface area contributed by atoms with E-state index in [4.69, 9.17) is 16.3 Å². The minimum absolute atomic E-state index is 0.0459. The Balaban J connectivity index is 2.26. The van der Waals surface area contributed by atoms with E-state index in [0.717, 1.165) is 6.07 Å². The van der Waals surface area contributed by atoms with E-state index in [1.165, 1.54) is 19.2 Å². The number of benzene rings is 2. The molecule has 2 aromatic rings. The van der Waals surface area contributed by atoms with Gasteiger partial charge in [-0.3, -0.25) is 4.72 Å². The van der Waals surface area contributed by atoms with Gasteiger partial charge < -0.3 is 4.74 Å². The fraction of sp³-hybridized carbons (Fsp3) is 0.143. The van der Waals surface area contributed by atoms with Gasteiger partial charge in [0.2, 0.25) is 10.0 Å². The van der Waals surface area contributed by atoms with Gasteiger partial charge in [0.15, 0.2) is 0 Å². The summed E-state index contributed by atoms with van der Waals surface area (Å²) in [6.45, 7) is 0. The Labute approximate surface area is 127 Å². The maximum Gasteiger partial charge on any atom is 0.237 e. The van der Waals surface area contributed by atoms with E-state index in [-0.39, 0.29) is 17.2 Å². The van der Waals surface area contributed by atoms with Crippen molar-refractivity contribution in [1.82, 2.24) is 0 Å². The lowest BCUT2D eigenvalue weighted by atomic mass is 10.2. The van der Waals surface area contributed by atoms with Gasteiger partial charge in [-0.2, -0.15) is 0 Å². The molecule has 0 heterocycles. The number of hydrogen-bond donors (Lipinski definition) is 1. The number of anilines is 1. The normalized spacial score (nSPS) is 11.2. The number of halogens is 2. The molecule has 0 unspecified atom stereocenters. The van der Waals surface area contributed by atoms with Crippen LogP contribution >= 0.6 is 11.6 Å². The highest BCUT2D eigenvalue weighted by Gasteiger charge is 2.16. The van der Waals surface area contributed by atoms with Crippen molar-refractivity contribution in [3.8, 4) is 5.75 Å². The average molecular weight is 330 g/mol. The zero-order chi connectivity index (χ0) is 15.5. The molecule has 0 aliphatic carbocycles. The average Bonchev–Trinajstić information content (AvgIpc) is 2.41. The number of ether oxygens (including phenoxy) is 1. The van der Waals surface area contributed by atoms with Crippen LogP contribution < -0.4 is 9.46 Å². The van der Waals surface area contributed by atoms with Gasteiger partial charge in [0.05, 0.1) is 18.6 Å². The molecule has 0 aliphatic rings. The third-order valence-electron chi connectivity index (χ3n) is 2.73. The van der Waals surface area contributed by atoms with Gasteiger partial charge in [-0.05, 0) is 23.8 Å². The molecule has 7 heteroatoms. The zero-order valence-corrected chi connectivity index (χ0v) is 12.7. The molecular formula is C14H13ClFNO3S. The van der Waals surface area contributed by atoms with E-state index in [9.17, 15) is 12.8 Å². The second-order valence-electron chi connectivity index (χ2n) is 4.30. The monoisotopic (exact) mass is 329 g/mol. The molecule has 0 saturated heterocycles. The standard InChI is InChI=1S/C14H13ClFNO3S/c1-20-14-7-6-11(16)8-13(14)17-21(18,19)9-10-4-2-3-5-12(10)15/h2-8,17H,9H2,1H3. The predicted octanol–water partition coefficient (Wildman–Crippen LogP) is 3.43. The molecule has 21 heavy (non-hydrogen) atoms. The first kappa shape index (κ1) is 15.6. The lowest BCUT2D eigenvalue weighted by molar-refractivity contribution is 0.416. The predicted molar refractivity (Wildman–Crippen MR) is 80.7 cm³/mol. The lowest BCUT2D eigenvalue weighted by Crippen LogP contribution is -2.16. The van der Waals surface area contributed by atoms with E-state index in [0.29, 0.717) is 10.6 Å². The number of nitrogens with one attached hydrogen (secondary N) is 1. The van der Waals surface area contributed by atoms with Crippen LogP contribution in [0.2, 0.25) is 5.02 Å². The second-order valence-corrected chi connectivity index (χ2v) is 6.43. The van der Waals surface area contributed by atoms with Crippen molar-refractivity contribution < 1.29 is 17.5 Å². The Bertz CT molecular complexity index is 750. The lowest BCUT2D eigenvalue weighted by Gasteiger charge is -2.12. The van der Waals surface area contributed by atoms with Crippen LogP contribution in [0.5, 0.6) is 5.75 Å². The smallest absolute Gasteiger partial charge is 0.237 e. The number of rotatable bonds is 5. The summed E-state index contributed by atoms with van der Waals surface area (Å²) in [5.41, 5.74) is 0.506. The highest BCUT2D eigenvalue weighted by atomic mass is 35.5. The zero-order valence-electron chi connectivity index (χ0n) is 11.1. The van der Waals surface area contributed by atoms with E-state index in [1.807, 2.05) is 0 Å². The molecule has 1 N–H and O–H groups in total. The van der Waals surface area contributed by atoms with E-state index >= 15 is 0 Å². The van der Waals surface area contributed by atoms with Crippen LogP contribution in [0.25, 0.3) is 0 Å². The highest BCUT2D eigenvalue weighted by Crippen LogP contribution is 2.27. The topological polar surface area (TPSA) is 55.4 Å². The molecule has 112 valence electrons. The first-order valence-corrected chi connectivity index (χ1v) is 8.02. The Hall–Kier alpha value is -1.79. The first-order valence-electron chi connectivity index (χ1n) is 5.99. The molecule has 0 spiro atoms. The van der Waals surface area contributed by atoms with Gasteiger partial charge in [0.1, 0.15) is 11.6 Å². The summed E-state index contributed by atoms with van der Waals surface area (Å²) in [4.78, 5) is 0. The Morgan fingerprint density at radius 1 is 1.24 bits per heavy atom. The Morgan fingerprint density at radius 2 is 1.95 bits per heavy atom. The van der Waals surface area contributed by atoms with Crippen LogP contribution in [0.1, 0.15) is 5.56 Å². The van der Waals surface area contributed by atoms with Crippen molar-refractivity contribution >= 4 is 27.3 Å². The van der Waals surface area contributed by atoms with E-state index < -0.39 is 15.8 Å². The molecular weight excluding hydrogens is 317 g/mol. The third-order valence-corrected chi connectivity index (χ3v) is 4.32. The van der Waals surface area contributed by atoms with Crippen molar-refractivity contribution in [2.45, 2.75) is 5.75 Å². The molecule has 0 saturated carbocycles. The maximum absolute atomic E-state index is 13.2. The third kappa shape index (κ3) is 4.09. The second kappa shape index (κ2) is 6.32. The molecule has 0 aromatic heterocycles.